The minimum absolute atomic E-state index is 0.374. The predicted octanol–water partition coefficient (Wildman–Crippen LogP) is 2.52. The van der Waals surface area contributed by atoms with Gasteiger partial charge in [-0.3, -0.25) is 4.79 Å². The highest BCUT2D eigenvalue weighted by atomic mass is 32.2. The van der Waals surface area contributed by atoms with Gasteiger partial charge in [0.15, 0.2) is 0 Å². The minimum Gasteiger partial charge on any atom is -0.480 e. The van der Waals surface area contributed by atoms with E-state index in [0.717, 1.165) is 24.3 Å². The Bertz CT molecular complexity index is 379. The van der Waals surface area contributed by atoms with Crippen LogP contribution in [0.25, 0.3) is 0 Å². The highest BCUT2D eigenvalue weighted by Crippen LogP contribution is 2.21. The van der Waals surface area contributed by atoms with Crippen LogP contribution in [-0.2, 0) is 10.5 Å². The van der Waals surface area contributed by atoms with E-state index in [9.17, 15) is 4.79 Å². The topological polar surface area (TPSA) is 49.3 Å². The summed E-state index contributed by atoms with van der Waals surface area (Å²) >= 11 is 1.80. The van der Waals surface area contributed by atoms with Crippen molar-refractivity contribution in [2.24, 2.45) is 0 Å². The molecule has 3 nitrogen and oxygen atoms in total. The largest absolute Gasteiger partial charge is 0.480 e. The summed E-state index contributed by atoms with van der Waals surface area (Å²) < 4.78 is 0. The third-order valence-corrected chi connectivity index (χ3v) is 4.04. The lowest BCUT2D eigenvalue weighted by atomic mass is 10.2. The first-order chi connectivity index (χ1) is 8.75. The van der Waals surface area contributed by atoms with Crippen LogP contribution in [0.15, 0.2) is 30.3 Å². The Labute approximate surface area is 112 Å². The molecule has 1 aromatic rings. The standard InChI is InChI=1S/C14H19NO2S/c16-14(17)13(15-12-6-7-12)8-9-18-10-11-4-2-1-3-5-11/h1-5,12-13,15H,6-10H2,(H,16,17). The molecule has 1 aliphatic rings. The molecular weight excluding hydrogens is 246 g/mol. The number of rotatable bonds is 8. The molecule has 0 saturated heterocycles. The number of hydrogen-bond donors (Lipinski definition) is 2. The van der Waals surface area contributed by atoms with Crippen LogP contribution in [0.5, 0.6) is 0 Å². The van der Waals surface area contributed by atoms with Crippen molar-refractivity contribution in [2.75, 3.05) is 5.75 Å². The number of benzene rings is 1. The molecule has 4 heteroatoms. The van der Waals surface area contributed by atoms with E-state index in [0.29, 0.717) is 12.5 Å². The Morgan fingerprint density at radius 3 is 2.72 bits per heavy atom. The molecule has 0 heterocycles. The summed E-state index contributed by atoms with van der Waals surface area (Å²) in [7, 11) is 0. The Kier molecular flexibility index (Phi) is 5.08. The molecule has 2 N–H and O–H groups in total. The second-order valence-electron chi connectivity index (χ2n) is 4.66. The van der Waals surface area contributed by atoms with Gasteiger partial charge in [-0.05, 0) is 30.6 Å². The molecule has 0 amide bonds. The maximum Gasteiger partial charge on any atom is 0.320 e. The molecule has 1 fully saturated rings. The van der Waals surface area contributed by atoms with Crippen molar-refractivity contribution in [3.63, 3.8) is 0 Å². The Balaban J connectivity index is 1.65. The van der Waals surface area contributed by atoms with E-state index in [-0.39, 0.29) is 6.04 Å². The summed E-state index contributed by atoms with van der Waals surface area (Å²) in [5.41, 5.74) is 1.30. The van der Waals surface area contributed by atoms with Crippen LogP contribution in [0.4, 0.5) is 0 Å². The molecule has 2 rings (SSSR count). The summed E-state index contributed by atoms with van der Waals surface area (Å²) in [5, 5.41) is 12.3. The number of aliphatic carboxylic acids is 1. The molecule has 1 saturated carbocycles. The van der Waals surface area contributed by atoms with Crippen molar-refractivity contribution in [3.05, 3.63) is 35.9 Å². The molecule has 1 atom stereocenters. The van der Waals surface area contributed by atoms with Crippen molar-refractivity contribution in [1.29, 1.82) is 0 Å². The van der Waals surface area contributed by atoms with Gasteiger partial charge in [-0.1, -0.05) is 30.3 Å². The summed E-state index contributed by atoms with van der Waals surface area (Å²) in [5.74, 6) is 1.12. The monoisotopic (exact) mass is 265 g/mol. The number of thioether (sulfide) groups is 1. The number of hydrogen-bond acceptors (Lipinski definition) is 3. The minimum atomic E-state index is -0.720. The SMILES string of the molecule is O=C(O)C(CCSCc1ccccc1)NC1CC1. The quantitative estimate of drug-likeness (QED) is 0.709. The third-order valence-electron chi connectivity index (χ3n) is 2.97. The first-order valence-corrected chi connectivity index (χ1v) is 7.51. The van der Waals surface area contributed by atoms with Crippen LogP contribution >= 0.6 is 11.8 Å². The van der Waals surface area contributed by atoms with E-state index in [1.54, 1.807) is 11.8 Å². The van der Waals surface area contributed by atoms with Crippen LogP contribution in [0, 0.1) is 0 Å². The fourth-order valence-corrected chi connectivity index (χ4v) is 2.75. The van der Waals surface area contributed by atoms with Crippen LogP contribution in [0.3, 0.4) is 0 Å². The van der Waals surface area contributed by atoms with Gasteiger partial charge in [0.05, 0.1) is 0 Å². The molecular formula is C14H19NO2S. The second-order valence-corrected chi connectivity index (χ2v) is 5.76. The summed E-state index contributed by atoms with van der Waals surface area (Å²) in [6, 6.07) is 10.4. The zero-order valence-electron chi connectivity index (χ0n) is 10.3. The lowest BCUT2D eigenvalue weighted by molar-refractivity contribution is -0.139. The van der Waals surface area contributed by atoms with Gasteiger partial charge in [0.2, 0.25) is 0 Å². The van der Waals surface area contributed by atoms with E-state index >= 15 is 0 Å². The highest BCUT2D eigenvalue weighted by molar-refractivity contribution is 7.98. The Morgan fingerprint density at radius 1 is 1.39 bits per heavy atom. The van der Waals surface area contributed by atoms with Gasteiger partial charge in [-0.25, -0.2) is 0 Å². The van der Waals surface area contributed by atoms with Crippen molar-refractivity contribution < 1.29 is 9.90 Å². The summed E-state index contributed by atoms with van der Waals surface area (Å²) in [6.45, 7) is 0. The summed E-state index contributed by atoms with van der Waals surface area (Å²) in [6.07, 6.45) is 2.95. The van der Waals surface area contributed by atoms with Crippen LogP contribution < -0.4 is 5.32 Å². The van der Waals surface area contributed by atoms with Crippen molar-refractivity contribution >= 4 is 17.7 Å². The lowest BCUT2D eigenvalue weighted by Crippen LogP contribution is -2.38. The average molecular weight is 265 g/mol. The molecule has 0 spiro atoms. The number of nitrogens with one attached hydrogen (secondary N) is 1. The van der Waals surface area contributed by atoms with E-state index in [4.69, 9.17) is 5.11 Å². The molecule has 0 bridgehead atoms. The smallest absolute Gasteiger partial charge is 0.320 e. The maximum absolute atomic E-state index is 11.1. The second kappa shape index (κ2) is 6.81. The predicted molar refractivity (Wildman–Crippen MR) is 74.8 cm³/mol. The van der Waals surface area contributed by atoms with Gasteiger partial charge in [0, 0.05) is 11.8 Å². The maximum atomic E-state index is 11.1. The molecule has 1 unspecified atom stereocenters. The van der Waals surface area contributed by atoms with Crippen LogP contribution in [-0.4, -0.2) is 28.9 Å². The molecule has 0 aromatic heterocycles. The summed E-state index contributed by atoms with van der Waals surface area (Å²) in [4.78, 5) is 11.1. The van der Waals surface area contributed by atoms with E-state index in [2.05, 4.69) is 17.4 Å². The van der Waals surface area contributed by atoms with Crippen LogP contribution in [0.1, 0.15) is 24.8 Å². The average Bonchev–Trinajstić information content (AvgIpc) is 3.18. The van der Waals surface area contributed by atoms with E-state index in [1.807, 2.05) is 18.2 Å². The third kappa shape index (κ3) is 4.70. The van der Waals surface area contributed by atoms with Gasteiger partial charge >= 0.3 is 5.97 Å². The Morgan fingerprint density at radius 2 is 2.11 bits per heavy atom. The van der Waals surface area contributed by atoms with E-state index < -0.39 is 5.97 Å². The van der Waals surface area contributed by atoms with Crippen molar-refractivity contribution in [1.82, 2.24) is 5.32 Å². The van der Waals surface area contributed by atoms with Gasteiger partial charge in [-0.2, -0.15) is 11.8 Å². The normalized spacial score (nSPS) is 16.4. The fraction of sp³-hybridized carbons (Fsp3) is 0.500. The molecule has 1 aromatic carbocycles. The first-order valence-electron chi connectivity index (χ1n) is 6.36. The van der Waals surface area contributed by atoms with Gasteiger partial charge < -0.3 is 10.4 Å². The molecule has 98 valence electrons. The highest BCUT2D eigenvalue weighted by Gasteiger charge is 2.27. The van der Waals surface area contributed by atoms with Gasteiger partial charge in [0.25, 0.3) is 0 Å². The first kappa shape index (κ1) is 13.4. The molecule has 0 aliphatic heterocycles. The van der Waals surface area contributed by atoms with E-state index in [1.165, 1.54) is 5.56 Å². The molecule has 18 heavy (non-hydrogen) atoms. The van der Waals surface area contributed by atoms with Gasteiger partial charge in [-0.15, -0.1) is 0 Å². The Hall–Kier alpha value is -1.00. The molecule has 0 radical (unpaired) electrons. The van der Waals surface area contributed by atoms with Gasteiger partial charge in [0.1, 0.15) is 6.04 Å². The number of carbonyl (C=O) groups is 1. The number of carboxylic acid groups (broad SMARTS) is 1. The zero-order valence-corrected chi connectivity index (χ0v) is 11.2. The van der Waals surface area contributed by atoms with Crippen molar-refractivity contribution in [2.45, 2.75) is 37.1 Å². The zero-order chi connectivity index (χ0) is 12.8. The van der Waals surface area contributed by atoms with Crippen LogP contribution in [0.2, 0.25) is 0 Å². The fourth-order valence-electron chi connectivity index (χ4n) is 1.78. The number of carboxylic acids is 1. The molecule has 1 aliphatic carbocycles. The van der Waals surface area contributed by atoms with Crippen molar-refractivity contribution in [3.8, 4) is 0 Å². The lowest BCUT2D eigenvalue weighted by Gasteiger charge is -2.13.